The van der Waals surface area contributed by atoms with Gasteiger partial charge in [-0.3, -0.25) is 0 Å². The summed E-state index contributed by atoms with van der Waals surface area (Å²) in [4.78, 5) is 11.3. The molecular weight excluding hydrogens is 282 g/mol. The SMILES string of the molecule is CC(C)(C)n1c(C(=O)O)cc2cc(Br)ccc21. The van der Waals surface area contributed by atoms with Crippen LogP contribution in [0.2, 0.25) is 0 Å². The summed E-state index contributed by atoms with van der Waals surface area (Å²) in [6.45, 7) is 6.00. The van der Waals surface area contributed by atoms with Gasteiger partial charge in [-0.1, -0.05) is 15.9 Å². The highest BCUT2D eigenvalue weighted by molar-refractivity contribution is 9.10. The summed E-state index contributed by atoms with van der Waals surface area (Å²) in [5.41, 5.74) is 1.01. The van der Waals surface area contributed by atoms with E-state index < -0.39 is 5.97 Å². The molecule has 0 radical (unpaired) electrons. The van der Waals surface area contributed by atoms with E-state index in [0.29, 0.717) is 5.69 Å². The van der Waals surface area contributed by atoms with Crippen molar-refractivity contribution in [3.05, 3.63) is 34.4 Å². The molecule has 0 aliphatic heterocycles. The maximum Gasteiger partial charge on any atom is 0.352 e. The van der Waals surface area contributed by atoms with Gasteiger partial charge in [0.25, 0.3) is 0 Å². The average molecular weight is 296 g/mol. The first-order chi connectivity index (χ1) is 7.80. The minimum atomic E-state index is -0.896. The topological polar surface area (TPSA) is 42.2 Å². The molecule has 2 aromatic rings. The first-order valence-electron chi connectivity index (χ1n) is 5.35. The molecule has 3 nitrogen and oxygen atoms in total. The Morgan fingerprint density at radius 1 is 1.29 bits per heavy atom. The summed E-state index contributed by atoms with van der Waals surface area (Å²) in [5, 5.41) is 10.2. The number of aromatic carboxylic acids is 1. The second-order valence-corrected chi connectivity index (χ2v) is 5.96. The number of aromatic nitrogens is 1. The van der Waals surface area contributed by atoms with Crippen LogP contribution < -0.4 is 0 Å². The van der Waals surface area contributed by atoms with E-state index in [9.17, 15) is 9.90 Å². The van der Waals surface area contributed by atoms with E-state index >= 15 is 0 Å². The molecule has 1 heterocycles. The first-order valence-corrected chi connectivity index (χ1v) is 6.15. The van der Waals surface area contributed by atoms with Crippen LogP contribution in [-0.2, 0) is 5.54 Å². The van der Waals surface area contributed by atoms with Crippen molar-refractivity contribution in [2.45, 2.75) is 26.3 Å². The molecular formula is C13H14BrNO2. The molecule has 0 aliphatic rings. The summed E-state index contributed by atoms with van der Waals surface area (Å²) in [6, 6.07) is 7.52. The maximum atomic E-state index is 11.3. The van der Waals surface area contributed by atoms with Gasteiger partial charge in [-0.05, 0) is 45.0 Å². The van der Waals surface area contributed by atoms with E-state index in [2.05, 4.69) is 15.9 Å². The van der Waals surface area contributed by atoms with Crippen LogP contribution in [0.5, 0.6) is 0 Å². The van der Waals surface area contributed by atoms with Crippen molar-refractivity contribution in [3.8, 4) is 0 Å². The highest BCUT2D eigenvalue weighted by Crippen LogP contribution is 2.29. The standard InChI is InChI=1S/C13H14BrNO2/c1-13(2,3)15-10-5-4-9(14)6-8(10)7-11(15)12(16)17/h4-7H,1-3H3,(H,16,17). The molecule has 1 aromatic heterocycles. The van der Waals surface area contributed by atoms with Crippen LogP contribution in [-0.4, -0.2) is 15.6 Å². The predicted octanol–water partition coefficient (Wildman–Crippen LogP) is 3.86. The lowest BCUT2D eigenvalue weighted by Crippen LogP contribution is -2.25. The van der Waals surface area contributed by atoms with Crippen LogP contribution in [0.15, 0.2) is 28.7 Å². The van der Waals surface area contributed by atoms with Gasteiger partial charge in [0.1, 0.15) is 5.69 Å². The number of carboxylic acids is 1. The molecule has 1 N–H and O–H groups in total. The molecule has 4 heteroatoms. The Hall–Kier alpha value is -1.29. The van der Waals surface area contributed by atoms with E-state index in [1.807, 2.05) is 43.5 Å². The Morgan fingerprint density at radius 3 is 2.47 bits per heavy atom. The number of hydrogen-bond donors (Lipinski definition) is 1. The summed E-state index contributed by atoms with van der Waals surface area (Å²) >= 11 is 3.40. The van der Waals surface area contributed by atoms with Gasteiger partial charge in [0.2, 0.25) is 0 Å². The molecule has 0 aliphatic carbocycles. The Balaban J connectivity index is 2.86. The number of carboxylic acid groups (broad SMARTS) is 1. The zero-order chi connectivity index (χ0) is 12.8. The number of rotatable bonds is 1. The molecule has 0 saturated heterocycles. The molecule has 0 spiro atoms. The molecule has 0 amide bonds. The number of carbonyl (C=O) groups is 1. The second kappa shape index (κ2) is 3.88. The summed E-state index contributed by atoms with van der Waals surface area (Å²) in [7, 11) is 0. The van der Waals surface area contributed by atoms with Gasteiger partial charge < -0.3 is 9.67 Å². The monoisotopic (exact) mass is 295 g/mol. The number of benzene rings is 1. The number of nitrogens with zero attached hydrogens (tertiary/aromatic N) is 1. The van der Waals surface area contributed by atoms with Crippen molar-refractivity contribution in [1.82, 2.24) is 4.57 Å². The third kappa shape index (κ3) is 2.09. The molecule has 0 fully saturated rings. The lowest BCUT2D eigenvalue weighted by atomic mass is 10.1. The number of halogens is 1. The largest absolute Gasteiger partial charge is 0.477 e. The fourth-order valence-corrected chi connectivity index (χ4v) is 2.45. The molecule has 0 bridgehead atoms. The molecule has 0 unspecified atom stereocenters. The van der Waals surface area contributed by atoms with Gasteiger partial charge >= 0.3 is 5.97 Å². The van der Waals surface area contributed by atoms with E-state index in [0.717, 1.165) is 15.4 Å². The molecule has 1 aromatic carbocycles. The molecule has 0 saturated carbocycles. The second-order valence-electron chi connectivity index (χ2n) is 5.04. The minimum Gasteiger partial charge on any atom is -0.477 e. The van der Waals surface area contributed by atoms with Crippen LogP contribution in [0, 0.1) is 0 Å². The van der Waals surface area contributed by atoms with Gasteiger partial charge in [-0.15, -0.1) is 0 Å². The molecule has 2 rings (SSSR count). The average Bonchev–Trinajstić information content (AvgIpc) is 2.55. The van der Waals surface area contributed by atoms with Crippen LogP contribution in [0.4, 0.5) is 0 Å². The van der Waals surface area contributed by atoms with Crippen molar-refractivity contribution in [2.75, 3.05) is 0 Å². The van der Waals surface area contributed by atoms with Crippen LogP contribution in [0.3, 0.4) is 0 Å². The zero-order valence-corrected chi connectivity index (χ0v) is 11.6. The highest BCUT2D eigenvalue weighted by atomic mass is 79.9. The van der Waals surface area contributed by atoms with Crippen molar-refractivity contribution in [3.63, 3.8) is 0 Å². The predicted molar refractivity (Wildman–Crippen MR) is 71.6 cm³/mol. The third-order valence-electron chi connectivity index (χ3n) is 2.65. The van der Waals surface area contributed by atoms with Gasteiger partial charge in [0, 0.05) is 20.9 Å². The van der Waals surface area contributed by atoms with E-state index in [-0.39, 0.29) is 5.54 Å². The Bertz CT molecular complexity index is 593. The Labute approximate surface area is 108 Å². The normalized spacial score (nSPS) is 12.0. The van der Waals surface area contributed by atoms with Crippen molar-refractivity contribution in [2.24, 2.45) is 0 Å². The molecule has 0 atom stereocenters. The quantitative estimate of drug-likeness (QED) is 0.868. The maximum absolute atomic E-state index is 11.3. The first kappa shape index (κ1) is 12.2. The van der Waals surface area contributed by atoms with E-state index in [1.165, 1.54) is 0 Å². The van der Waals surface area contributed by atoms with Crippen molar-refractivity contribution in [1.29, 1.82) is 0 Å². The van der Waals surface area contributed by atoms with Gasteiger partial charge in [-0.25, -0.2) is 4.79 Å². The minimum absolute atomic E-state index is 0.261. The highest BCUT2D eigenvalue weighted by Gasteiger charge is 2.23. The summed E-state index contributed by atoms with van der Waals surface area (Å²) < 4.78 is 2.81. The lowest BCUT2D eigenvalue weighted by Gasteiger charge is -2.24. The lowest BCUT2D eigenvalue weighted by molar-refractivity contribution is 0.0679. The van der Waals surface area contributed by atoms with Crippen LogP contribution in [0.1, 0.15) is 31.3 Å². The van der Waals surface area contributed by atoms with Crippen LogP contribution in [0.25, 0.3) is 10.9 Å². The zero-order valence-electron chi connectivity index (χ0n) is 9.99. The Kier molecular flexibility index (Phi) is 2.78. The van der Waals surface area contributed by atoms with Crippen LogP contribution >= 0.6 is 15.9 Å². The van der Waals surface area contributed by atoms with E-state index in [1.54, 1.807) is 6.07 Å². The fourth-order valence-electron chi connectivity index (χ4n) is 2.07. The van der Waals surface area contributed by atoms with Gasteiger partial charge in [0.05, 0.1) is 0 Å². The molecule has 17 heavy (non-hydrogen) atoms. The Morgan fingerprint density at radius 2 is 1.94 bits per heavy atom. The van der Waals surface area contributed by atoms with Crippen molar-refractivity contribution >= 4 is 32.8 Å². The van der Waals surface area contributed by atoms with Gasteiger partial charge in [0.15, 0.2) is 0 Å². The van der Waals surface area contributed by atoms with Gasteiger partial charge in [-0.2, -0.15) is 0 Å². The van der Waals surface area contributed by atoms with Crippen molar-refractivity contribution < 1.29 is 9.90 Å². The number of hydrogen-bond acceptors (Lipinski definition) is 1. The number of fused-ring (bicyclic) bond motifs is 1. The summed E-state index contributed by atoms with van der Waals surface area (Å²) in [5.74, 6) is -0.896. The summed E-state index contributed by atoms with van der Waals surface area (Å²) in [6.07, 6.45) is 0. The third-order valence-corrected chi connectivity index (χ3v) is 3.15. The smallest absolute Gasteiger partial charge is 0.352 e. The van der Waals surface area contributed by atoms with E-state index in [4.69, 9.17) is 0 Å². The fraction of sp³-hybridized carbons (Fsp3) is 0.308. The molecule has 90 valence electrons.